The van der Waals surface area contributed by atoms with Gasteiger partial charge in [-0.05, 0) is 55.1 Å². The molecule has 40 heavy (non-hydrogen) atoms. The Kier molecular flexibility index (Phi) is 8.72. The molecule has 5 rings (SSSR count). The molecule has 0 atom stereocenters. The van der Waals surface area contributed by atoms with Gasteiger partial charge in [0.1, 0.15) is 5.69 Å². The molecule has 0 radical (unpaired) electrons. The van der Waals surface area contributed by atoms with Gasteiger partial charge in [0.2, 0.25) is 20.0 Å². The lowest BCUT2D eigenvalue weighted by atomic mass is 9.99. The van der Waals surface area contributed by atoms with Crippen LogP contribution in [0.3, 0.4) is 0 Å². The summed E-state index contributed by atoms with van der Waals surface area (Å²) in [7, 11) is -7.80. The number of rotatable bonds is 8. The zero-order valence-electron chi connectivity index (χ0n) is 22.4. The number of nitrogens with zero attached hydrogens (tertiary/aromatic N) is 1. The number of hydrogen-bond donors (Lipinski definition) is 4. The first kappa shape index (κ1) is 28.9. The average molecular weight is 589 g/mol. The van der Waals surface area contributed by atoms with E-state index in [4.69, 9.17) is 0 Å². The van der Waals surface area contributed by atoms with E-state index in [1.165, 1.54) is 36.4 Å². The third-order valence-electron chi connectivity index (χ3n) is 8.21. The SMILES string of the molecule is O=Nc1c2cc(S(=O)(=O)NC3CCCCCC3)ccc2c(NO)c2ccc(S(=O)(=O)NC3CCCCCC3)cc12. The van der Waals surface area contributed by atoms with Crippen LogP contribution in [0.1, 0.15) is 77.0 Å². The Morgan fingerprint density at radius 1 is 0.625 bits per heavy atom. The molecular formula is C28H36N4O6S2. The molecule has 12 heteroatoms. The van der Waals surface area contributed by atoms with Gasteiger partial charge >= 0.3 is 0 Å². The third kappa shape index (κ3) is 6.01. The molecule has 0 amide bonds. The second-order valence-electron chi connectivity index (χ2n) is 11.0. The summed E-state index contributed by atoms with van der Waals surface area (Å²) in [6.45, 7) is 0. The zero-order chi connectivity index (χ0) is 28.3. The molecule has 3 aromatic rings. The highest BCUT2D eigenvalue weighted by atomic mass is 32.2. The monoisotopic (exact) mass is 588 g/mol. The maximum absolute atomic E-state index is 13.3. The Balaban J connectivity index is 1.58. The molecule has 2 fully saturated rings. The molecule has 0 aromatic heterocycles. The van der Waals surface area contributed by atoms with Crippen LogP contribution >= 0.6 is 0 Å². The van der Waals surface area contributed by atoms with Crippen LogP contribution < -0.4 is 14.9 Å². The average Bonchev–Trinajstić information content (AvgIpc) is 3.35. The molecule has 0 bridgehead atoms. The molecule has 2 aliphatic carbocycles. The van der Waals surface area contributed by atoms with Gasteiger partial charge in [0.15, 0.2) is 0 Å². The van der Waals surface area contributed by atoms with Gasteiger partial charge in [0, 0.05) is 33.6 Å². The van der Waals surface area contributed by atoms with Crippen molar-refractivity contribution >= 4 is 53.0 Å². The maximum Gasteiger partial charge on any atom is 0.240 e. The van der Waals surface area contributed by atoms with Gasteiger partial charge in [-0.25, -0.2) is 26.3 Å². The van der Waals surface area contributed by atoms with Gasteiger partial charge < -0.3 is 0 Å². The number of nitrogens with one attached hydrogen (secondary N) is 3. The standard InChI is InChI=1S/C28H36N4O6S2/c33-29-27-23-15-13-21(39(35,36)31-19-9-5-1-2-6-10-19)17-25(23)28(30-34)26-18-22(14-16-24(26)27)40(37,38)32-20-11-7-3-4-8-12-20/h13-20,29,31-33H,1-12H2. The van der Waals surface area contributed by atoms with E-state index in [1.807, 2.05) is 0 Å². The molecule has 0 heterocycles. The van der Waals surface area contributed by atoms with Crippen molar-refractivity contribution in [2.75, 3.05) is 5.48 Å². The number of sulfonamides is 2. The first-order valence-electron chi connectivity index (χ1n) is 14.0. The Morgan fingerprint density at radius 2 is 1.02 bits per heavy atom. The summed E-state index contributed by atoms with van der Waals surface area (Å²) in [5.41, 5.74) is 2.28. The Bertz CT molecular complexity index is 1500. The summed E-state index contributed by atoms with van der Waals surface area (Å²) in [5, 5.41) is 14.4. The van der Waals surface area contributed by atoms with Crippen LogP contribution in [0.2, 0.25) is 0 Å². The van der Waals surface area contributed by atoms with Crippen molar-refractivity contribution in [3.05, 3.63) is 41.3 Å². The molecule has 2 aliphatic rings. The molecule has 0 saturated heterocycles. The fourth-order valence-electron chi connectivity index (χ4n) is 6.09. The summed E-state index contributed by atoms with van der Waals surface area (Å²) >= 11 is 0. The minimum atomic E-state index is -3.90. The minimum Gasteiger partial charge on any atom is -0.291 e. The molecule has 10 nitrogen and oxygen atoms in total. The highest BCUT2D eigenvalue weighted by Crippen LogP contribution is 2.43. The van der Waals surface area contributed by atoms with Gasteiger partial charge in [-0.15, -0.1) is 4.91 Å². The molecule has 2 saturated carbocycles. The summed E-state index contributed by atoms with van der Waals surface area (Å²) in [5.74, 6) is 0. The van der Waals surface area contributed by atoms with Crippen LogP contribution in [0.25, 0.3) is 21.5 Å². The van der Waals surface area contributed by atoms with Crippen molar-refractivity contribution < 1.29 is 22.0 Å². The van der Waals surface area contributed by atoms with Crippen LogP contribution in [0.4, 0.5) is 11.4 Å². The van der Waals surface area contributed by atoms with E-state index < -0.39 is 20.0 Å². The largest absolute Gasteiger partial charge is 0.291 e. The highest BCUT2D eigenvalue weighted by Gasteiger charge is 2.25. The second-order valence-corrected chi connectivity index (χ2v) is 14.4. The van der Waals surface area contributed by atoms with Gasteiger partial charge in [-0.3, -0.25) is 10.7 Å². The van der Waals surface area contributed by atoms with Crippen LogP contribution in [-0.2, 0) is 20.0 Å². The number of benzene rings is 3. The van der Waals surface area contributed by atoms with E-state index >= 15 is 0 Å². The Hall–Kier alpha value is -2.64. The third-order valence-corrected chi connectivity index (χ3v) is 11.2. The topological polar surface area (TPSA) is 154 Å². The van der Waals surface area contributed by atoms with Crippen LogP contribution in [0.15, 0.2) is 51.4 Å². The summed E-state index contributed by atoms with van der Waals surface area (Å²) in [6, 6.07) is 8.28. The molecule has 0 spiro atoms. The summed E-state index contributed by atoms with van der Waals surface area (Å²) in [4.78, 5) is 12.1. The first-order valence-corrected chi connectivity index (χ1v) is 17.0. The van der Waals surface area contributed by atoms with Crippen molar-refractivity contribution in [3.8, 4) is 0 Å². The van der Waals surface area contributed by atoms with Gasteiger partial charge in [-0.1, -0.05) is 63.5 Å². The van der Waals surface area contributed by atoms with Crippen molar-refractivity contribution in [2.24, 2.45) is 5.18 Å². The fraction of sp³-hybridized carbons (Fsp3) is 0.500. The van der Waals surface area contributed by atoms with E-state index in [0.29, 0.717) is 10.8 Å². The van der Waals surface area contributed by atoms with Crippen LogP contribution in [0.5, 0.6) is 0 Å². The van der Waals surface area contributed by atoms with E-state index in [2.05, 4.69) is 20.1 Å². The molecule has 216 valence electrons. The van der Waals surface area contributed by atoms with E-state index in [1.54, 1.807) is 0 Å². The Morgan fingerprint density at radius 3 is 1.38 bits per heavy atom. The number of fused-ring (bicyclic) bond motifs is 2. The van der Waals surface area contributed by atoms with Crippen LogP contribution in [0, 0.1) is 4.91 Å². The van der Waals surface area contributed by atoms with E-state index in [9.17, 15) is 26.9 Å². The summed E-state index contributed by atoms with van der Waals surface area (Å²) in [6.07, 6.45) is 11.2. The molecule has 3 aromatic carbocycles. The van der Waals surface area contributed by atoms with Crippen molar-refractivity contribution in [1.82, 2.24) is 9.44 Å². The maximum atomic E-state index is 13.3. The van der Waals surface area contributed by atoms with Crippen LogP contribution in [-0.4, -0.2) is 34.1 Å². The lowest BCUT2D eigenvalue weighted by molar-refractivity contribution is 0.390. The normalized spacial score (nSPS) is 18.4. The smallest absolute Gasteiger partial charge is 0.240 e. The van der Waals surface area contributed by atoms with Gasteiger partial charge in [0.25, 0.3) is 0 Å². The summed E-state index contributed by atoms with van der Waals surface area (Å²) < 4.78 is 58.8. The predicted molar refractivity (Wildman–Crippen MR) is 156 cm³/mol. The number of hydrogen-bond acceptors (Lipinski definition) is 8. The fourth-order valence-corrected chi connectivity index (χ4v) is 8.75. The highest BCUT2D eigenvalue weighted by molar-refractivity contribution is 7.89. The van der Waals surface area contributed by atoms with E-state index in [-0.39, 0.29) is 44.0 Å². The Labute approximate surface area is 235 Å². The predicted octanol–water partition coefficient (Wildman–Crippen LogP) is 6.19. The minimum absolute atomic E-state index is 0.0313. The number of nitroso groups, excluding NO2 is 1. The zero-order valence-corrected chi connectivity index (χ0v) is 24.0. The number of anilines is 1. The van der Waals surface area contributed by atoms with Gasteiger partial charge in [0.05, 0.1) is 15.5 Å². The second kappa shape index (κ2) is 12.1. The lowest BCUT2D eigenvalue weighted by Gasteiger charge is -2.18. The first-order chi connectivity index (χ1) is 19.2. The van der Waals surface area contributed by atoms with Crippen molar-refractivity contribution in [1.29, 1.82) is 0 Å². The molecule has 4 N–H and O–H groups in total. The van der Waals surface area contributed by atoms with Gasteiger partial charge in [-0.2, -0.15) is 0 Å². The quantitative estimate of drug-likeness (QED) is 0.106. The molecule has 0 aliphatic heterocycles. The molecular weight excluding hydrogens is 552 g/mol. The molecule has 0 unspecified atom stereocenters. The lowest BCUT2D eigenvalue weighted by Crippen LogP contribution is -2.34. The van der Waals surface area contributed by atoms with Crippen molar-refractivity contribution in [2.45, 2.75) is 98.9 Å². The van der Waals surface area contributed by atoms with E-state index in [0.717, 1.165) is 77.0 Å². The van der Waals surface area contributed by atoms with Crippen molar-refractivity contribution in [3.63, 3.8) is 0 Å².